The van der Waals surface area contributed by atoms with E-state index in [4.69, 9.17) is 16.6 Å². The van der Waals surface area contributed by atoms with Crippen LogP contribution in [0.3, 0.4) is 0 Å². The van der Waals surface area contributed by atoms with Crippen molar-refractivity contribution in [3.63, 3.8) is 0 Å². The summed E-state index contributed by atoms with van der Waals surface area (Å²) in [5, 5.41) is 3.56. The van der Waals surface area contributed by atoms with Crippen LogP contribution in [0.2, 0.25) is 0 Å². The molecule has 19 heavy (non-hydrogen) atoms. The minimum atomic E-state index is -0.300. The Labute approximate surface area is 112 Å². The number of benzene rings is 1. The number of rotatable bonds is 4. The summed E-state index contributed by atoms with van der Waals surface area (Å²) < 4.78 is 5.47. The van der Waals surface area contributed by atoms with Gasteiger partial charge in [0.05, 0.1) is 6.04 Å². The SMILES string of the molecule is C#CC(CCC)NC(=O)c1cc2cc(N)ccc2o1. The Morgan fingerprint density at radius 2 is 2.32 bits per heavy atom. The van der Waals surface area contributed by atoms with Crippen molar-refractivity contribution in [2.75, 3.05) is 5.73 Å². The summed E-state index contributed by atoms with van der Waals surface area (Å²) in [6.45, 7) is 2.01. The number of carbonyl (C=O) groups is 1. The molecular weight excluding hydrogens is 240 g/mol. The first-order valence-electron chi connectivity index (χ1n) is 6.20. The molecule has 0 aliphatic heterocycles. The number of furan rings is 1. The summed E-state index contributed by atoms with van der Waals surface area (Å²) in [5.41, 5.74) is 6.95. The summed E-state index contributed by atoms with van der Waals surface area (Å²) in [7, 11) is 0. The Balaban J connectivity index is 2.20. The lowest BCUT2D eigenvalue weighted by Gasteiger charge is -2.10. The van der Waals surface area contributed by atoms with Crippen molar-refractivity contribution < 1.29 is 9.21 Å². The fourth-order valence-corrected chi connectivity index (χ4v) is 1.89. The lowest BCUT2D eigenvalue weighted by Crippen LogP contribution is -2.33. The number of nitrogens with one attached hydrogen (secondary N) is 1. The zero-order valence-corrected chi connectivity index (χ0v) is 10.8. The molecular formula is C15H16N2O2. The van der Waals surface area contributed by atoms with Gasteiger partial charge in [-0.3, -0.25) is 4.79 Å². The van der Waals surface area contributed by atoms with Crippen LogP contribution in [0.4, 0.5) is 5.69 Å². The van der Waals surface area contributed by atoms with E-state index in [0.717, 1.165) is 18.2 Å². The average molecular weight is 256 g/mol. The third-order valence-electron chi connectivity index (χ3n) is 2.85. The van der Waals surface area contributed by atoms with Crippen LogP contribution >= 0.6 is 0 Å². The van der Waals surface area contributed by atoms with Crippen LogP contribution < -0.4 is 11.1 Å². The predicted octanol–water partition coefficient (Wildman–Crippen LogP) is 2.55. The van der Waals surface area contributed by atoms with Gasteiger partial charge in [0.1, 0.15) is 5.58 Å². The Bertz CT molecular complexity index is 637. The highest BCUT2D eigenvalue weighted by Crippen LogP contribution is 2.21. The van der Waals surface area contributed by atoms with Gasteiger partial charge in [0.2, 0.25) is 0 Å². The first-order chi connectivity index (χ1) is 9.13. The molecule has 1 heterocycles. The van der Waals surface area contributed by atoms with E-state index < -0.39 is 0 Å². The van der Waals surface area contributed by atoms with Gasteiger partial charge in [-0.05, 0) is 30.7 Å². The van der Waals surface area contributed by atoms with Gasteiger partial charge in [0.15, 0.2) is 5.76 Å². The smallest absolute Gasteiger partial charge is 0.288 e. The molecule has 1 aromatic carbocycles. The van der Waals surface area contributed by atoms with Gasteiger partial charge in [0.25, 0.3) is 5.91 Å². The highest BCUT2D eigenvalue weighted by molar-refractivity contribution is 5.96. The molecule has 1 aromatic heterocycles. The number of carbonyl (C=O) groups excluding carboxylic acids is 1. The minimum Gasteiger partial charge on any atom is -0.451 e. The van der Waals surface area contributed by atoms with Gasteiger partial charge < -0.3 is 15.5 Å². The molecule has 0 radical (unpaired) electrons. The maximum absolute atomic E-state index is 12.0. The summed E-state index contributed by atoms with van der Waals surface area (Å²) in [6.07, 6.45) is 7.02. The summed E-state index contributed by atoms with van der Waals surface area (Å²) in [4.78, 5) is 12.0. The molecule has 3 N–H and O–H groups in total. The molecule has 1 atom stereocenters. The van der Waals surface area contributed by atoms with Gasteiger partial charge in [-0.25, -0.2) is 0 Å². The van der Waals surface area contributed by atoms with E-state index in [2.05, 4.69) is 11.2 Å². The summed E-state index contributed by atoms with van der Waals surface area (Å²) in [6, 6.07) is 6.64. The summed E-state index contributed by atoms with van der Waals surface area (Å²) in [5.74, 6) is 2.50. The molecule has 0 bridgehead atoms. The molecule has 0 spiro atoms. The van der Waals surface area contributed by atoms with Gasteiger partial charge in [-0.15, -0.1) is 6.42 Å². The van der Waals surface area contributed by atoms with E-state index >= 15 is 0 Å². The Morgan fingerprint density at radius 3 is 3.00 bits per heavy atom. The predicted molar refractivity (Wildman–Crippen MR) is 75.6 cm³/mol. The number of terminal acetylenes is 1. The number of nitrogens with two attached hydrogens (primary N) is 1. The Kier molecular flexibility index (Phi) is 3.76. The molecule has 0 saturated heterocycles. The Morgan fingerprint density at radius 1 is 1.53 bits per heavy atom. The van der Waals surface area contributed by atoms with Crippen LogP contribution in [-0.4, -0.2) is 11.9 Å². The second kappa shape index (κ2) is 5.49. The standard InChI is InChI=1S/C15H16N2O2/c1-3-5-12(4-2)17-15(18)14-9-10-8-11(16)6-7-13(10)19-14/h2,6-9,12H,3,5,16H2,1H3,(H,17,18). The van der Waals surface area contributed by atoms with Gasteiger partial charge in [-0.2, -0.15) is 0 Å². The monoisotopic (exact) mass is 256 g/mol. The zero-order valence-electron chi connectivity index (χ0n) is 10.8. The van der Waals surface area contributed by atoms with Crippen LogP contribution in [-0.2, 0) is 0 Å². The third kappa shape index (κ3) is 2.89. The van der Waals surface area contributed by atoms with E-state index in [9.17, 15) is 4.79 Å². The van der Waals surface area contributed by atoms with Gasteiger partial charge in [-0.1, -0.05) is 19.3 Å². The molecule has 2 aromatic rings. The fraction of sp³-hybridized carbons (Fsp3) is 0.267. The van der Waals surface area contributed by atoms with E-state index in [0.29, 0.717) is 11.3 Å². The topological polar surface area (TPSA) is 68.3 Å². The largest absolute Gasteiger partial charge is 0.451 e. The maximum atomic E-state index is 12.0. The first-order valence-corrected chi connectivity index (χ1v) is 6.20. The highest BCUT2D eigenvalue weighted by Gasteiger charge is 2.15. The van der Waals surface area contributed by atoms with Crippen LogP contribution in [0, 0.1) is 12.3 Å². The van der Waals surface area contributed by atoms with Crippen molar-refractivity contribution >= 4 is 22.6 Å². The molecule has 0 aliphatic carbocycles. The number of anilines is 1. The van der Waals surface area contributed by atoms with E-state index in [1.165, 1.54) is 0 Å². The average Bonchev–Trinajstić information content (AvgIpc) is 2.81. The Hall–Kier alpha value is -2.41. The van der Waals surface area contributed by atoms with Crippen molar-refractivity contribution in [2.24, 2.45) is 0 Å². The second-order valence-corrected chi connectivity index (χ2v) is 4.39. The van der Waals surface area contributed by atoms with Crippen molar-refractivity contribution in [3.8, 4) is 12.3 Å². The molecule has 4 heteroatoms. The molecule has 1 unspecified atom stereocenters. The molecule has 4 nitrogen and oxygen atoms in total. The molecule has 1 amide bonds. The van der Waals surface area contributed by atoms with Crippen LogP contribution in [0.25, 0.3) is 11.0 Å². The van der Waals surface area contributed by atoms with Gasteiger partial charge >= 0.3 is 0 Å². The van der Waals surface area contributed by atoms with Crippen molar-refractivity contribution in [1.82, 2.24) is 5.32 Å². The molecule has 2 rings (SSSR count). The molecule has 98 valence electrons. The van der Waals surface area contributed by atoms with Crippen LogP contribution in [0.5, 0.6) is 0 Å². The number of nitrogen functional groups attached to an aromatic ring is 1. The molecule has 0 aliphatic rings. The van der Waals surface area contributed by atoms with Crippen LogP contribution in [0.1, 0.15) is 30.3 Å². The number of hydrogen-bond donors (Lipinski definition) is 2. The maximum Gasteiger partial charge on any atom is 0.288 e. The van der Waals surface area contributed by atoms with Gasteiger partial charge in [0, 0.05) is 11.1 Å². The minimum absolute atomic E-state index is 0.247. The number of fused-ring (bicyclic) bond motifs is 1. The van der Waals surface area contributed by atoms with Crippen LogP contribution in [0.15, 0.2) is 28.7 Å². The normalized spacial score (nSPS) is 12.0. The first kappa shape index (κ1) is 13.0. The van der Waals surface area contributed by atoms with Crippen molar-refractivity contribution in [1.29, 1.82) is 0 Å². The van der Waals surface area contributed by atoms with E-state index in [1.54, 1.807) is 24.3 Å². The lowest BCUT2D eigenvalue weighted by molar-refractivity contribution is 0.0918. The van der Waals surface area contributed by atoms with E-state index in [-0.39, 0.29) is 17.7 Å². The molecule has 0 saturated carbocycles. The molecule has 0 fully saturated rings. The lowest BCUT2D eigenvalue weighted by atomic mass is 10.2. The quantitative estimate of drug-likeness (QED) is 0.652. The second-order valence-electron chi connectivity index (χ2n) is 4.39. The third-order valence-corrected chi connectivity index (χ3v) is 2.85. The number of hydrogen-bond acceptors (Lipinski definition) is 3. The highest BCUT2D eigenvalue weighted by atomic mass is 16.3. The van der Waals surface area contributed by atoms with E-state index in [1.807, 2.05) is 6.92 Å². The van der Waals surface area contributed by atoms with Crippen molar-refractivity contribution in [2.45, 2.75) is 25.8 Å². The zero-order chi connectivity index (χ0) is 13.8. The fourth-order valence-electron chi connectivity index (χ4n) is 1.89. The number of amides is 1. The van der Waals surface area contributed by atoms with Crippen molar-refractivity contribution in [3.05, 3.63) is 30.0 Å². The summed E-state index contributed by atoms with van der Waals surface area (Å²) >= 11 is 0.